The molecule has 84 valence electrons. The highest BCUT2D eigenvalue weighted by atomic mass is 16.4. The van der Waals surface area contributed by atoms with E-state index in [0.717, 1.165) is 25.7 Å². The maximum absolute atomic E-state index is 11.5. The lowest BCUT2D eigenvalue weighted by Crippen LogP contribution is -2.39. The van der Waals surface area contributed by atoms with E-state index in [1.54, 1.807) is 0 Å². The van der Waals surface area contributed by atoms with Gasteiger partial charge in [-0.25, -0.2) is 0 Å². The van der Waals surface area contributed by atoms with Crippen molar-refractivity contribution in [1.82, 2.24) is 5.32 Å². The summed E-state index contributed by atoms with van der Waals surface area (Å²) in [6.07, 6.45) is 5.08. The molecule has 0 atom stereocenters. The van der Waals surface area contributed by atoms with Gasteiger partial charge >= 0.3 is 5.97 Å². The number of carboxylic acids is 1. The van der Waals surface area contributed by atoms with E-state index in [4.69, 9.17) is 5.11 Å². The van der Waals surface area contributed by atoms with E-state index in [9.17, 15) is 9.59 Å². The molecule has 0 heterocycles. The van der Waals surface area contributed by atoms with Crippen LogP contribution in [0.3, 0.4) is 0 Å². The van der Waals surface area contributed by atoms with Gasteiger partial charge in [0.2, 0.25) is 5.91 Å². The van der Waals surface area contributed by atoms with Gasteiger partial charge < -0.3 is 10.4 Å². The Morgan fingerprint density at radius 1 is 0.933 bits per heavy atom. The molecule has 0 saturated heterocycles. The fourth-order valence-corrected chi connectivity index (χ4v) is 2.15. The summed E-state index contributed by atoms with van der Waals surface area (Å²) in [6, 6.07) is 0.216. The minimum absolute atomic E-state index is 0.175. The first-order valence-corrected chi connectivity index (χ1v) is 5.70. The van der Waals surface area contributed by atoms with Crippen molar-refractivity contribution in [3.63, 3.8) is 0 Å². The number of hydrogen-bond acceptors (Lipinski definition) is 2. The molecule has 4 nitrogen and oxygen atoms in total. The second kappa shape index (κ2) is 4.21. The average Bonchev–Trinajstić information content (AvgIpc) is 3.01. The molecule has 15 heavy (non-hydrogen) atoms. The molecular weight excluding hydrogens is 194 g/mol. The molecule has 0 aromatic heterocycles. The molecule has 0 radical (unpaired) electrons. The van der Waals surface area contributed by atoms with Gasteiger partial charge in [0.15, 0.2) is 0 Å². The minimum Gasteiger partial charge on any atom is -0.481 e. The molecule has 2 saturated carbocycles. The normalized spacial score (nSPS) is 30.9. The quantitative estimate of drug-likeness (QED) is 0.736. The van der Waals surface area contributed by atoms with Crippen molar-refractivity contribution < 1.29 is 14.7 Å². The van der Waals surface area contributed by atoms with Crippen LogP contribution in [0.15, 0.2) is 0 Å². The highest BCUT2D eigenvalue weighted by Crippen LogP contribution is 2.30. The predicted octanol–water partition coefficient (Wildman–Crippen LogP) is 1.16. The topological polar surface area (TPSA) is 66.4 Å². The van der Waals surface area contributed by atoms with E-state index < -0.39 is 5.97 Å². The molecule has 0 spiro atoms. The molecule has 2 aliphatic carbocycles. The number of carbonyl (C=O) groups is 2. The van der Waals surface area contributed by atoms with Crippen LogP contribution in [0.1, 0.15) is 38.5 Å². The number of carboxylic acid groups (broad SMARTS) is 1. The maximum atomic E-state index is 11.5. The number of amides is 1. The third-order valence-electron chi connectivity index (χ3n) is 3.37. The monoisotopic (exact) mass is 211 g/mol. The van der Waals surface area contributed by atoms with Crippen LogP contribution in [0.5, 0.6) is 0 Å². The summed E-state index contributed by atoms with van der Waals surface area (Å²) in [5.74, 6) is -0.461. The SMILES string of the molecule is O=C(N[C@H]1CC[C@@H](C(=O)O)CC1)C1CC1. The molecule has 2 aliphatic rings. The second-order valence-corrected chi connectivity index (χ2v) is 4.67. The van der Waals surface area contributed by atoms with Crippen LogP contribution in [0.2, 0.25) is 0 Å². The summed E-state index contributed by atoms with van der Waals surface area (Å²) in [4.78, 5) is 22.2. The Kier molecular flexibility index (Phi) is 2.93. The van der Waals surface area contributed by atoms with E-state index >= 15 is 0 Å². The highest BCUT2D eigenvalue weighted by Gasteiger charge is 2.32. The summed E-state index contributed by atoms with van der Waals surface area (Å²) in [6.45, 7) is 0. The lowest BCUT2D eigenvalue weighted by molar-refractivity contribution is -0.142. The lowest BCUT2D eigenvalue weighted by atomic mass is 9.86. The molecule has 0 aliphatic heterocycles. The molecule has 0 bridgehead atoms. The van der Waals surface area contributed by atoms with Crippen LogP contribution in [0.25, 0.3) is 0 Å². The van der Waals surface area contributed by atoms with Crippen LogP contribution in [-0.4, -0.2) is 23.0 Å². The van der Waals surface area contributed by atoms with Gasteiger partial charge in [-0.05, 0) is 38.5 Å². The first kappa shape index (κ1) is 10.5. The largest absolute Gasteiger partial charge is 0.481 e. The maximum Gasteiger partial charge on any atom is 0.306 e. The third kappa shape index (κ3) is 2.70. The van der Waals surface area contributed by atoms with E-state index in [0.29, 0.717) is 12.8 Å². The summed E-state index contributed by atoms with van der Waals surface area (Å²) in [7, 11) is 0. The van der Waals surface area contributed by atoms with E-state index in [2.05, 4.69) is 5.32 Å². The number of hydrogen-bond donors (Lipinski definition) is 2. The van der Waals surface area contributed by atoms with Crippen molar-refractivity contribution in [3.05, 3.63) is 0 Å². The van der Waals surface area contributed by atoms with Gasteiger partial charge in [-0.2, -0.15) is 0 Å². The number of aliphatic carboxylic acids is 1. The highest BCUT2D eigenvalue weighted by molar-refractivity contribution is 5.81. The fourth-order valence-electron chi connectivity index (χ4n) is 2.15. The second-order valence-electron chi connectivity index (χ2n) is 4.67. The molecule has 1 amide bonds. The van der Waals surface area contributed by atoms with Crippen molar-refractivity contribution in [2.24, 2.45) is 11.8 Å². The molecule has 2 N–H and O–H groups in total. The number of rotatable bonds is 3. The Hall–Kier alpha value is -1.06. The zero-order valence-corrected chi connectivity index (χ0v) is 8.74. The Bertz CT molecular complexity index is 265. The van der Waals surface area contributed by atoms with Gasteiger partial charge in [0.05, 0.1) is 5.92 Å². The fraction of sp³-hybridized carbons (Fsp3) is 0.818. The van der Waals surface area contributed by atoms with Gasteiger partial charge in [-0.15, -0.1) is 0 Å². The molecule has 0 aromatic rings. The van der Waals surface area contributed by atoms with E-state index in [1.165, 1.54) is 0 Å². The summed E-state index contributed by atoms with van der Waals surface area (Å²) < 4.78 is 0. The van der Waals surface area contributed by atoms with Crippen molar-refractivity contribution in [2.75, 3.05) is 0 Å². The smallest absolute Gasteiger partial charge is 0.306 e. The van der Waals surface area contributed by atoms with E-state index in [1.807, 2.05) is 0 Å². The number of nitrogens with one attached hydrogen (secondary N) is 1. The van der Waals surface area contributed by atoms with Crippen molar-refractivity contribution >= 4 is 11.9 Å². The molecule has 2 fully saturated rings. The van der Waals surface area contributed by atoms with Crippen molar-refractivity contribution in [3.8, 4) is 0 Å². The minimum atomic E-state index is -0.693. The zero-order chi connectivity index (χ0) is 10.8. The first-order chi connectivity index (χ1) is 7.16. The van der Waals surface area contributed by atoms with Crippen molar-refractivity contribution in [1.29, 1.82) is 0 Å². The van der Waals surface area contributed by atoms with Crippen LogP contribution in [0.4, 0.5) is 0 Å². The van der Waals surface area contributed by atoms with Gasteiger partial charge in [-0.1, -0.05) is 0 Å². The van der Waals surface area contributed by atoms with Gasteiger partial charge in [-0.3, -0.25) is 9.59 Å². The molecule has 2 rings (SSSR count). The van der Waals surface area contributed by atoms with Crippen LogP contribution >= 0.6 is 0 Å². The van der Waals surface area contributed by atoms with Gasteiger partial charge in [0, 0.05) is 12.0 Å². The Morgan fingerprint density at radius 2 is 1.47 bits per heavy atom. The van der Waals surface area contributed by atoms with Gasteiger partial charge in [0.25, 0.3) is 0 Å². The zero-order valence-electron chi connectivity index (χ0n) is 8.74. The molecule has 4 heteroatoms. The Balaban J connectivity index is 1.73. The first-order valence-electron chi connectivity index (χ1n) is 5.70. The Labute approximate surface area is 89.0 Å². The molecular formula is C11H17NO3. The molecule has 0 aromatic carbocycles. The molecule has 0 unspecified atom stereocenters. The Morgan fingerprint density at radius 3 is 1.93 bits per heavy atom. The summed E-state index contributed by atoms with van der Waals surface area (Å²) in [5, 5.41) is 11.8. The standard InChI is InChI=1S/C11H17NO3/c13-10(7-1-2-7)12-9-5-3-8(4-6-9)11(14)15/h7-9H,1-6H2,(H,12,13)(H,14,15)/t8-,9+. The lowest BCUT2D eigenvalue weighted by Gasteiger charge is -2.26. The van der Waals surface area contributed by atoms with Gasteiger partial charge in [0.1, 0.15) is 0 Å². The average molecular weight is 211 g/mol. The number of carbonyl (C=O) groups excluding carboxylic acids is 1. The van der Waals surface area contributed by atoms with Crippen LogP contribution < -0.4 is 5.32 Å². The summed E-state index contributed by atoms with van der Waals surface area (Å²) >= 11 is 0. The van der Waals surface area contributed by atoms with Crippen LogP contribution in [0, 0.1) is 11.8 Å². The summed E-state index contributed by atoms with van der Waals surface area (Å²) in [5.41, 5.74) is 0. The third-order valence-corrected chi connectivity index (χ3v) is 3.37. The van der Waals surface area contributed by atoms with E-state index in [-0.39, 0.29) is 23.8 Å². The van der Waals surface area contributed by atoms with Crippen LogP contribution in [-0.2, 0) is 9.59 Å². The van der Waals surface area contributed by atoms with Crippen molar-refractivity contribution in [2.45, 2.75) is 44.6 Å². The predicted molar refractivity (Wildman–Crippen MR) is 54.2 cm³/mol.